The second-order valence-electron chi connectivity index (χ2n) is 4.01. The third-order valence-electron chi connectivity index (χ3n) is 2.53. The number of aliphatic hydroxyl groups excluding tert-OH is 1. The molecule has 104 valence electrons. The molecule has 0 aliphatic heterocycles. The first kappa shape index (κ1) is 15.0. The normalized spacial score (nSPS) is 12.8. The minimum atomic E-state index is -0.635. The summed E-state index contributed by atoms with van der Waals surface area (Å²) in [4.78, 5) is 11.5. The first-order chi connectivity index (χ1) is 8.99. The Bertz CT molecular complexity index is 477. The zero-order valence-corrected chi connectivity index (χ0v) is 11.5. The molecule has 5 heteroatoms. The number of esters is 1. The molecule has 1 aromatic rings. The fourth-order valence-corrected chi connectivity index (χ4v) is 1.43. The number of aryl methyl sites for hydroxylation is 1. The number of aliphatic hydroxyl groups is 1. The third kappa shape index (κ3) is 3.99. The first-order valence-corrected chi connectivity index (χ1v) is 5.77. The Morgan fingerprint density at radius 1 is 1.37 bits per heavy atom. The van der Waals surface area contributed by atoms with Crippen molar-refractivity contribution in [1.29, 1.82) is 0 Å². The van der Waals surface area contributed by atoms with E-state index in [1.807, 2.05) is 6.92 Å². The van der Waals surface area contributed by atoms with Crippen molar-refractivity contribution in [2.45, 2.75) is 20.0 Å². The van der Waals surface area contributed by atoms with Crippen LogP contribution in [-0.4, -0.2) is 25.3 Å². The van der Waals surface area contributed by atoms with Gasteiger partial charge in [-0.2, -0.15) is 0 Å². The molecule has 0 spiro atoms. The number of hydrogen-bond donors (Lipinski definition) is 1. The fraction of sp³-hybridized carbons (Fsp3) is 0.357. The van der Waals surface area contributed by atoms with Gasteiger partial charge in [-0.15, -0.1) is 0 Å². The highest BCUT2D eigenvalue weighted by Gasteiger charge is 2.15. The number of carbonyl (C=O) groups is 1. The van der Waals surface area contributed by atoms with Crippen LogP contribution >= 0.6 is 0 Å². The Morgan fingerprint density at radius 2 is 2.05 bits per heavy atom. The molecule has 5 nitrogen and oxygen atoms in total. The van der Waals surface area contributed by atoms with E-state index in [1.54, 1.807) is 25.1 Å². The van der Waals surface area contributed by atoms with E-state index < -0.39 is 12.1 Å². The van der Waals surface area contributed by atoms with Crippen molar-refractivity contribution in [3.63, 3.8) is 0 Å². The lowest BCUT2D eigenvalue weighted by molar-refractivity contribution is -0.138. The zero-order chi connectivity index (χ0) is 14.4. The third-order valence-corrected chi connectivity index (χ3v) is 2.53. The SMILES string of the molecule is CO/C=C(\Oc1cc(C(C)O)ccc1C)C(=O)OC. The van der Waals surface area contributed by atoms with Crippen molar-refractivity contribution in [2.75, 3.05) is 14.2 Å². The molecule has 0 aromatic heterocycles. The van der Waals surface area contributed by atoms with Gasteiger partial charge in [-0.3, -0.25) is 0 Å². The molecule has 0 bridgehead atoms. The smallest absolute Gasteiger partial charge is 0.377 e. The lowest BCUT2D eigenvalue weighted by Crippen LogP contribution is -2.12. The van der Waals surface area contributed by atoms with E-state index in [1.165, 1.54) is 20.5 Å². The van der Waals surface area contributed by atoms with E-state index in [4.69, 9.17) is 9.47 Å². The number of ether oxygens (including phenoxy) is 3. The lowest BCUT2D eigenvalue weighted by atomic mass is 10.1. The molecule has 0 radical (unpaired) electrons. The van der Waals surface area contributed by atoms with Crippen LogP contribution in [0.25, 0.3) is 0 Å². The molecule has 0 amide bonds. The average Bonchev–Trinajstić information content (AvgIpc) is 2.39. The monoisotopic (exact) mass is 266 g/mol. The number of hydrogen-bond acceptors (Lipinski definition) is 5. The summed E-state index contributed by atoms with van der Waals surface area (Å²) >= 11 is 0. The Morgan fingerprint density at radius 3 is 2.58 bits per heavy atom. The quantitative estimate of drug-likeness (QED) is 0.502. The van der Waals surface area contributed by atoms with Crippen molar-refractivity contribution in [2.24, 2.45) is 0 Å². The van der Waals surface area contributed by atoms with Crippen molar-refractivity contribution >= 4 is 5.97 Å². The number of benzene rings is 1. The lowest BCUT2D eigenvalue weighted by Gasteiger charge is -2.13. The second kappa shape index (κ2) is 6.80. The Hall–Kier alpha value is -2.01. The van der Waals surface area contributed by atoms with Crippen molar-refractivity contribution in [1.82, 2.24) is 0 Å². The average molecular weight is 266 g/mol. The molecule has 1 unspecified atom stereocenters. The van der Waals surface area contributed by atoms with E-state index in [2.05, 4.69) is 4.74 Å². The van der Waals surface area contributed by atoms with Crippen LogP contribution in [0.4, 0.5) is 0 Å². The van der Waals surface area contributed by atoms with E-state index in [0.717, 1.165) is 5.56 Å². The second-order valence-corrected chi connectivity index (χ2v) is 4.01. The van der Waals surface area contributed by atoms with Crippen molar-refractivity contribution < 1.29 is 24.1 Å². The standard InChI is InChI=1S/C14H18O5/c1-9-5-6-11(10(2)15)7-12(9)19-13(8-17-3)14(16)18-4/h5-8,10,15H,1-4H3/b13-8-. The molecular formula is C14H18O5. The van der Waals surface area contributed by atoms with Crippen molar-refractivity contribution in [3.8, 4) is 5.75 Å². The Balaban J connectivity index is 3.05. The van der Waals surface area contributed by atoms with Gasteiger partial charge in [0.2, 0.25) is 5.76 Å². The molecule has 1 aromatic carbocycles. The van der Waals surface area contributed by atoms with Crippen LogP contribution in [0.5, 0.6) is 5.75 Å². The Kier molecular flexibility index (Phi) is 5.38. The van der Waals surface area contributed by atoms with Gasteiger partial charge in [0.1, 0.15) is 12.0 Å². The number of carbonyl (C=O) groups excluding carboxylic acids is 1. The zero-order valence-electron chi connectivity index (χ0n) is 11.5. The molecule has 0 fully saturated rings. The van der Waals surface area contributed by atoms with E-state index in [-0.39, 0.29) is 5.76 Å². The molecule has 1 N–H and O–H groups in total. The van der Waals surface area contributed by atoms with Crippen LogP contribution in [0.1, 0.15) is 24.2 Å². The van der Waals surface area contributed by atoms with E-state index >= 15 is 0 Å². The van der Waals surface area contributed by atoms with Crippen molar-refractivity contribution in [3.05, 3.63) is 41.3 Å². The molecule has 0 aliphatic carbocycles. The highest BCUT2D eigenvalue weighted by Crippen LogP contribution is 2.25. The largest absolute Gasteiger partial charge is 0.500 e. The molecule has 1 rings (SSSR count). The molecule has 1 atom stereocenters. The summed E-state index contributed by atoms with van der Waals surface area (Å²) in [5.41, 5.74) is 1.53. The highest BCUT2D eigenvalue weighted by molar-refractivity contribution is 5.86. The van der Waals surface area contributed by atoms with Gasteiger partial charge in [-0.25, -0.2) is 4.79 Å². The number of methoxy groups -OCH3 is 2. The maximum Gasteiger partial charge on any atom is 0.377 e. The minimum Gasteiger partial charge on any atom is -0.500 e. The van der Waals surface area contributed by atoms with Crippen LogP contribution in [0.15, 0.2) is 30.2 Å². The maximum atomic E-state index is 11.5. The topological polar surface area (TPSA) is 65.0 Å². The number of rotatable bonds is 5. The van der Waals surface area contributed by atoms with Gasteiger partial charge in [0.25, 0.3) is 0 Å². The summed E-state index contributed by atoms with van der Waals surface area (Å²) in [6.07, 6.45) is 0.552. The van der Waals surface area contributed by atoms with Gasteiger partial charge in [0.15, 0.2) is 0 Å². The first-order valence-electron chi connectivity index (χ1n) is 5.77. The van der Waals surface area contributed by atoms with Crippen LogP contribution in [-0.2, 0) is 14.3 Å². The predicted octanol–water partition coefficient (Wildman–Crippen LogP) is 2.09. The summed E-state index contributed by atoms with van der Waals surface area (Å²) in [7, 11) is 2.67. The van der Waals surface area contributed by atoms with E-state index in [9.17, 15) is 9.90 Å². The minimum absolute atomic E-state index is 0.0594. The molecule has 0 aliphatic rings. The summed E-state index contributed by atoms with van der Waals surface area (Å²) in [5.74, 6) is -0.230. The van der Waals surface area contributed by atoms with Crippen LogP contribution < -0.4 is 4.74 Å². The summed E-state index contributed by atoms with van der Waals surface area (Å²) in [6.45, 7) is 3.49. The fourth-order valence-electron chi connectivity index (χ4n) is 1.43. The summed E-state index contributed by atoms with van der Waals surface area (Å²) < 4.78 is 14.9. The van der Waals surface area contributed by atoms with Gasteiger partial charge in [0.05, 0.1) is 20.3 Å². The highest BCUT2D eigenvalue weighted by atomic mass is 16.6. The molecular weight excluding hydrogens is 248 g/mol. The predicted molar refractivity (Wildman–Crippen MR) is 69.5 cm³/mol. The van der Waals surface area contributed by atoms with Crippen LogP contribution in [0.3, 0.4) is 0 Å². The summed E-state index contributed by atoms with van der Waals surface area (Å²) in [6, 6.07) is 5.27. The molecule has 19 heavy (non-hydrogen) atoms. The molecule has 0 heterocycles. The van der Waals surface area contributed by atoms with Gasteiger partial charge in [-0.1, -0.05) is 12.1 Å². The van der Waals surface area contributed by atoms with Gasteiger partial charge in [-0.05, 0) is 31.0 Å². The van der Waals surface area contributed by atoms with Gasteiger partial charge >= 0.3 is 5.97 Å². The molecule has 0 saturated heterocycles. The van der Waals surface area contributed by atoms with Gasteiger partial charge in [0, 0.05) is 0 Å². The van der Waals surface area contributed by atoms with Crippen LogP contribution in [0.2, 0.25) is 0 Å². The van der Waals surface area contributed by atoms with Gasteiger partial charge < -0.3 is 19.3 Å². The van der Waals surface area contributed by atoms with Crippen LogP contribution in [0, 0.1) is 6.92 Å². The summed E-state index contributed by atoms with van der Waals surface area (Å²) in [5, 5.41) is 9.55. The molecule has 0 saturated carbocycles. The van der Waals surface area contributed by atoms with E-state index in [0.29, 0.717) is 11.3 Å². The maximum absolute atomic E-state index is 11.5. The Labute approximate surface area is 112 Å².